The summed E-state index contributed by atoms with van der Waals surface area (Å²) in [6, 6.07) is 0. The van der Waals surface area contributed by atoms with Crippen molar-refractivity contribution in [2.45, 2.75) is 12.8 Å². The SMILES string of the molecule is C1=CC=CC2=C(C=C1)C1C=CC=CCCC21. The molecule has 16 heavy (non-hydrogen) atoms. The average Bonchev–Trinajstić information content (AvgIpc) is 2.23. The molecule has 0 saturated carbocycles. The van der Waals surface area contributed by atoms with Crippen LogP contribution in [0.4, 0.5) is 0 Å². The van der Waals surface area contributed by atoms with Gasteiger partial charge in [-0.1, -0.05) is 60.8 Å². The number of fused-ring (bicyclic) bond motifs is 3. The van der Waals surface area contributed by atoms with E-state index in [1.165, 1.54) is 18.4 Å². The molecule has 80 valence electrons. The lowest BCUT2D eigenvalue weighted by atomic mass is 9.65. The van der Waals surface area contributed by atoms with Crippen LogP contribution >= 0.6 is 0 Å². The summed E-state index contributed by atoms with van der Waals surface area (Å²) in [6.07, 6.45) is 24.6. The van der Waals surface area contributed by atoms with E-state index >= 15 is 0 Å². The Bertz CT molecular complexity index is 452. The quantitative estimate of drug-likeness (QED) is 0.562. The lowest BCUT2D eigenvalue weighted by molar-refractivity contribution is 0.425. The zero-order valence-electron chi connectivity index (χ0n) is 9.34. The topological polar surface area (TPSA) is 0 Å². The van der Waals surface area contributed by atoms with Crippen molar-refractivity contribution in [1.29, 1.82) is 0 Å². The molecule has 2 atom stereocenters. The van der Waals surface area contributed by atoms with E-state index in [1.54, 1.807) is 5.57 Å². The third-order valence-electron chi connectivity index (χ3n) is 3.62. The van der Waals surface area contributed by atoms with E-state index in [9.17, 15) is 0 Å². The molecule has 3 aliphatic carbocycles. The Morgan fingerprint density at radius 2 is 1.62 bits per heavy atom. The van der Waals surface area contributed by atoms with Crippen LogP contribution in [0.3, 0.4) is 0 Å². The van der Waals surface area contributed by atoms with Crippen LogP contribution in [-0.2, 0) is 0 Å². The maximum atomic E-state index is 2.35. The third kappa shape index (κ3) is 1.55. The van der Waals surface area contributed by atoms with Crippen molar-refractivity contribution in [3.63, 3.8) is 0 Å². The maximum Gasteiger partial charge on any atom is 0.00928 e. The van der Waals surface area contributed by atoms with Crippen LogP contribution in [-0.4, -0.2) is 0 Å². The Kier molecular flexibility index (Phi) is 2.49. The van der Waals surface area contributed by atoms with Crippen molar-refractivity contribution in [3.05, 3.63) is 71.9 Å². The molecule has 0 heterocycles. The number of hydrogen-bond acceptors (Lipinski definition) is 0. The van der Waals surface area contributed by atoms with Gasteiger partial charge in [-0.05, 0) is 29.9 Å². The van der Waals surface area contributed by atoms with Crippen LogP contribution in [0.5, 0.6) is 0 Å². The summed E-state index contributed by atoms with van der Waals surface area (Å²) >= 11 is 0. The van der Waals surface area contributed by atoms with Crippen LogP contribution in [0.1, 0.15) is 12.8 Å². The Morgan fingerprint density at radius 1 is 0.812 bits per heavy atom. The lowest BCUT2D eigenvalue weighted by Gasteiger charge is -2.39. The second-order valence-electron chi connectivity index (χ2n) is 4.54. The minimum atomic E-state index is 0.646. The van der Waals surface area contributed by atoms with Crippen LogP contribution in [0.2, 0.25) is 0 Å². The monoisotopic (exact) mass is 208 g/mol. The van der Waals surface area contributed by atoms with Crippen LogP contribution in [0.25, 0.3) is 0 Å². The zero-order valence-corrected chi connectivity index (χ0v) is 9.34. The fourth-order valence-electron chi connectivity index (χ4n) is 2.80. The molecule has 0 spiro atoms. The highest BCUT2D eigenvalue weighted by Gasteiger charge is 2.35. The molecule has 0 fully saturated rings. The van der Waals surface area contributed by atoms with Gasteiger partial charge in [0.1, 0.15) is 0 Å². The van der Waals surface area contributed by atoms with E-state index in [0.29, 0.717) is 5.92 Å². The maximum absolute atomic E-state index is 2.35. The van der Waals surface area contributed by atoms with Gasteiger partial charge in [0.15, 0.2) is 0 Å². The normalized spacial score (nSPS) is 31.0. The molecular formula is C16H16. The molecule has 0 bridgehead atoms. The summed E-state index contributed by atoms with van der Waals surface area (Å²) in [7, 11) is 0. The Labute approximate surface area is 97.1 Å². The van der Waals surface area contributed by atoms with Gasteiger partial charge in [-0.15, -0.1) is 0 Å². The van der Waals surface area contributed by atoms with Gasteiger partial charge in [0.05, 0.1) is 0 Å². The Hall–Kier alpha value is -1.56. The van der Waals surface area contributed by atoms with Crippen molar-refractivity contribution >= 4 is 0 Å². The largest absolute Gasteiger partial charge is 0.0845 e. The van der Waals surface area contributed by atoms with Gasteiger partial charge in [-0.25, -0.2) is 0 Å². The Morgan fingerprint density at radius 3 is 2.50 bits per heavy atom. The summed E-state index contributed by atoms with van der Waals surface area (Å²) in [5.41, 5.74) is 3.06. The number of hydrogen-bond donors (Lipinski definition) is 0. The van der Waals surface area contributed by atoms with E-state index in [1.807, 2.05) is 0 Å². The van der Waals surface area contributed by atoms with E-state index in [2.05, 4.69) is 60.8 Å². The first kappa shape index (κ1) is 9.65. The van der Waals surface area contributed by atoms with Gasteiger partial charge in [-0.3, -0.25) is 0 Å². The van der Waals surface area contributed by atoms with E-state index in [0.717, 1.165) is 5.92 Å². The molecule has 0 heteroatoms. The fourth-order valence-corrected chi connectivity index (χ4v) is 2.80. The van der Waals surface area contributed by atoms with Gasteiger partial charge < -0.3 is 0 Å². The van der Waals surface area contributed by atoms with Crippen molar-refractivity contribution in [3.8, 4) is 0 Å². The molecule has 0 amide bonds. The molecular weight excluding hydrogens is 192 g/mol. The van der Waals surface area contributed by atoms with E-state index < -0.39 is 0 Å². The molecule has 0 radical (unpaired) electrons. The van der Waals surface area contributed by atoms with E-state index in [4.69, 9.17) is 0 Å². The molecule has 0 aromatic heterocycles. The van der Waals surface area contributed by atoms with Crippen molar-refractivity contribution in [2.24, 2.45) is 11.8 Å². The summed E-state index contributed by atoms with van der Waals surface area (Å²) < 4.78 is 0. The van der Waals surface area contributed by atoms with Crippen molar-refractivity contribution < 1.29 is 0 Å². The van der Waals surface area contributed by atoms with Gasteiger partial charge in [-0.2, -0.15) is 0 Å². The highest BCUT2D eigenvalue weighted by molar-refractivity contribution is 5.51. The molecule has 0 saturated heterocycles. The standard InChI is InChI=1S/C16H16/c1-2-6-10-14-13(9-5-1)15-11-7-3-4-8-12-16(14)15/h1-7,9-11,15-16H,8,12H2. The molecule has 0 N–H and O–H groups in total. The summed E-state index contributed by atoms with van der Waals surface area (Å²) in [5, 5.41) is 0. The molecule has 3 aliphatic rings. The minimum absolute atomic E-state index is 0.646. The average molecular weight is 208 g/mol. The lowest BCUT2D eigenvalue weighted by Crippen LogP contribution is -2.28. The second kappa shape index (κ2) is 4.13. The third-order valence-corrected chi connectivity index (χ3v) is 3.62. The van der Waals surface area contributed by atoms with E-state index in [-0.39, 0.29) is 0 Å². The summed E-state index contributed by atoms with van der Waals surface area (Å²) in [6.45, 7) is 0. The summed E-state index contributed by atoms with van der Waals surface area (Å²) in [5.74, 6) is 1.39. The molecule has 0 aromatic carbocycles. The van der Waals surface area contributed by atoms with Crippen LogP contribution in [0, 0.1) is 11.8 Å². The first-order valence-corrected chi connectivity index (χ1v) is 6.05. The first-order valence-electron chi connectivity index (χ1n) is 6.05. The minimum Gasteiger partial charge on any atom is -0.0845 e. The van der Waals surface area contributed by atoms with Crippen LogP contribution in [0.15, 0.2) is 71.9 Å². The zero-order chi connectivity index (χ0) is 10.8. The molecule has 0 aromatic rings. The fraction of sp³-hybridized carbons (Fsp3) is 0.250. The predicted octanol–water partition coefficient (Wildman–Crippen LogP) is 4.12. The van der Waals surface area contributed by atoms with Gasteiger partial charge >= 0.3 is 0 Å². The molecule has 0 aliphatic heterocycles. The predicted molar refractivity (Wildman–Crippen MR) is 68.9 cm³/mol. The van der Waals surface area contributed by atoms with Crippen molar-refractivity contribution in [1.82, 2.24) is 0 Å². The number of rotatable bonds is 0. The summed E-state index contributed by atoms with van der Waals surface area (Å²) in [4.78, 5) is 0. The van der Waals surface area contributed by atoms with Crippen LogP contribution < -0.4 is 0 Å². The van der Waals surface area contributed by atoms with Gasteiger partial charge in [0.25, 0.3) is 0 Å². The highest BCUT2D eigenvalue weighted by Crippen LogP contribution is 2.46. The molecule has 3 rings (SSSR count). The smallest absolute Gasteiger partial charge is 0.00928 e. The number of allylic oxidation sites excluding steroid dienone is 12. The first-order chi connectivity index (χ1) is 7.97. The molecule has 0 nitrogen and oxygen atoms in total. The highest BCUT2D eigenvalue weighted by atomic mass is 14.4. The second-order valence-corrected chi connectivity index (χ2v) is 4.54. The van der Waals surface area contributed by atoms with Crippen molar-refractivity contribution in [2.75, 3.05) is 0 Å². The molecule has 2 unspecified atom stereocenters. The Balaban J connectivity index is 1.96. The van der Waals surface area contributed by atoms with Gasteiger partial charge in [0, 0.05) is 5.92 Å². The van der Waals surface area contributed by atoms with Gasteiger partial charge in [0.2, 0.25) is 0 Å².